The summed E-state index contributed by atoms with van der Waals surface area (Å²) in [6.07, 6.45) is 5.92. The highest BCUT2D eigenvalue weighted by Crippen LogP contribution is 2.44. The Balaban J connectivity index is 1.66. The Kier molecular flexibility index (Phi) is 2.66. The van der Waals surface area contributed by atoms with Gasteiger partial charge in [-0.1, -0.05) is 0 Å². The Morgan fingerprint density at radius 3 is 2.08 bits per heavy atom. The number of hydrogen-bond acceptors (Lipinski definition) is 2. The van der Waals surface area contributed by atoms with Gasteiger partial charge in [-0.2, -0.15) is 0 Å². The van der Waals surface area contributed by atoms with Gasteiger partial charge in [-0.25, -0.2) is 0 Å². The lowest BCUT2D eigenvalue weighted by molar-refractivity contribution is 0.417. The maximum Gasteiger partial charge on any atom is 0.0124 e. The van der Waals surface area contributed by atoms with Crippen LogP contribution in [0.5, 0.6) is 0 Å². The van der Waals surface area contributed by atoms with Gasteiger partial charge in [-0.15, -0.1) is 0 Å². The van der Waals surface area contributed by atoms with Crippen molar-refractivity contribution in [1.82, 2.24) is 10.6 Å². The topological polar surface area (TPSA) is 24.1 Å². The first-order valence-corrected chi connectivity index (χ1v) is 5.30. The monoisotopic (exact) mass is 168 g/mol. The molecule has 2 rings (SSSR count). The summed E-state index contributed by atoms with van der Waals surface area (Å²) in [6.45, 7) is 2.25. The average molecular weight is 168 g/mol. The molecule has 12 heavy (non-hydrogen) atoms. The lowest BCUT2D eigenvalue weighted by Crippen LogP contribution is -2.37. The molecule has 0 unspecified atom stereocenters. The third-order valence-electron chi connectivity index (χ3n) is 3.01. The molecule has 0 atom stereocenters. The van der Waals surface area contributed by atoms with E-state index >= 15 is 0 Å². The second-order valence-corrected chi connectivity index (χ2v) is 4.26. The lowest BCUT2D eigenvalue weighted by Gasteiger charge is -2.17. The summed E-state index contributed by atoms with van der Waals surface area (Å²) in [5, 5.41) is 6.86. The second kappa shape index (κ2) is 3.75. The predicted molar refractivity (Wildman–Crippen MR) is 51.2 cm³/mol. The quantitative estimate of drug-likeness (QED) is 0.578. The van der Waals surface area contributed by atoms with E-state index < -0.39 is 0 Å². The molecule has 0 heterocycles. The Hall–Kier alpha value is -0.0800. The molecule has 70 valence electrons. The minimum absolute atomic E-state index is 0.873. The van der Waals surface area contributed by atoms with Crippen LogP contribution in [0, 0.1) is 11.8 Å². The highest BCUT2D eigenvalue weighted by molar-refractivity contribution is 4.96. The summed E-state index contributed by atoms with van der Waals surface area (Å²) < 4.78 is 0. The highest BCUT2D eigenvalue weighted by atomic mass is 15.0. The summed E-state index contributed by atoms with van der Waals surface area (Å²) in [6, 6.07) is 0.873. The van der Waals surface area contributed by atoms with E-state index in [1.54, 1.807) is 0 Å². The number of likely N-dealkylation sites (N-methyl/N-ethyl adjacent to an activating group) is 1. The van der Waals surface area contributed by atoms with Crippen LogP contribution in [0.4, 0.5) is 0 Å². The van der Waals surface area contributed by atoms with Gasteiger partial charge in [0.1, 0.15) is 0 Å². The normalized spacial score (nSPS) is 23.5. The van der Waals surface area contributed by atoms with Crippen LogP contribution in [-0.2, 0) is 0 Å². The Morgan fingerprint density at radius 1 is 1.08 bits per heavy atom. The molecule has 0 aromatic rings. The van der Waals surface area contributed by atoms with Gasteiger partial charge in [0.05, 0.1) is 0 Å². The van der Waals surface area contributed by atoms with E-state index in [1.165, 1.54) is 25.7 Å². The van der Waals surface area contributed by atoms with Gasteiger partial charge in [0.2, 0.25) is 0 Å². The highest BCUT2D eigenvalue weighted by Gasteiger charge is 2.40. The van der Waals surface area contributed by atoms with Gasteiger partial charge in [-0.3, -0.25) is 0 Å². The van der Waals surface area contributed by atoms with Crippen LogP contribution < -0.4 is 10.6 Å². The SMILES string of the molecule is CNCCNC(C1CC1)C1CC1. The smallest absolute Gasteiger partial charge is 0.0124 e. The fraction of sp³-hybridized carbons (Fsp3) is 1.00. The van der Waals surface area contributed by atoms with Gasteiger partial charge in [-0.05, 0) is 44.6 Å². The van der Waals surface area contributed by atoms with E-state index in [0.717, 1.165) is 31.0 Å². The lowest BCUT2D eigenvalue weighted by atomic mass is 10.1. The minimum Gasteiger partial charge on any atom is -0.318 e. The molecule has 2 heteroatoms. The van der Waals surface area contributed by atoms with E-state index in [4.69, 9.17) is 0 Å². The molecule has 2 fully saturated rings. The first-order valence-electron chi connectivity index (χ1n) is 5.30. The van der Waals surface area contributed by atoms with Crippen LogP contribution >= 0.6 is 0 Å². The van der Waals surface area contributed by atoms with E-state index in [2.05, 4.69) is 10.6 Å². The molecule has 0 spiro atoms. The van der Waals surface area contributed by atoms with Crippen molar-refractivity contribution in [2.24, 2.45) is 11.8 Å². The van der Waals surface area contributed by atoms with E-state index in [1.807, 2.05) is 7.05 Å². The van der Waals surface area contributed by atoms with Crippen molar-refractivity contribution < 1.29 is 0 Å². The molecule has 2 N–H and O–H groups in total. The van der Waals surface area contributed by atoms with Crippen molar-refractivity contribution in [2.45, 2.75) is 31.7 Å². The summed E-state index contributed by atoms with van der Waals surface area (Å²) in [4.78, 5) is 0. The van der Waals surface area contributed by atoms with Crippen molar-refractivity contribution in [2.75, 3.05) is 20.1 Å². The first-order chi connectivity index (χ1) is 5.92. The summed E-state index contributed by atoms with van der Waals surface area (Å²) in [5.74, 6) is 2.07. The van der Waals surface area contributed by atoms with Crippen molar-refractivity contribution in [1.29, 1.82) is 0 Å². The maximum atomic E-state index is 3.68. The summed E-state index contributed by atoms with van der Waals surface area (Å²) >= 11 is 0. The molecule has 0 amide bonds. The zero-order chi connectivity index (χ0) is 8.39. The zero-order valence-electron chi connectivity index (χ0n) is 7.97. The first kappa shape index (κ1) is 8.52. The second-order valence-electron chi connectivity index (χ2n) is 4.26. The van der Waals surface area contributed by atoms with E-state index in [0.29, 0.717) is 0 Å². The van der Waals surface area contributed by atoms with E-state index in [-0.39, 0.29) is 0 Å². The van der Waals surface area contributed by atoms with Crippen LogP contribution in [0.25, 0.3) is 0 Å². The molecule has 2 nitrogen and oxygen atoms in total. The Labute approximate surface area is 75.1 Å². The minimum atomic E-state index is 0.873. The molecular formula is C10H20N2. The fourth-order valence-corrected chi connectivity index (χ4v) is 1.99. The molecule has 0 radical (unpaired) electrons. The van der Waals surface area contributed by atoms with Gasteiger partial charge < -0.3 is 10.6 Å². The maximum absolute atomic E-state index is 3.68. The summed E-state index contributed by atoms with van der Waals surface area (Å²) in [7, 11) is 2.02. The molecule has 2 aliphatic carbocycles. The predicted octanol–water partition coefficient (Wildman–Crippen LogP) is 0.984. The summed E-state index contributed by atoms with van der Waals surface area (Å²) in [5.41, 5.74) is 0. The molecule has 0 aromatic heterocycles. The molecule has 0 bridgehead atoms. The Morgan fingerprint density at radius 2 is 1.67 bits per heavy atom. The van der Waals surface area contributed by atoms with Crippen molar-refractivity contribution in [3.63, 3.8) is 0 Å². The largest absolute Gasteiger partial charge is 0.318 e. The fourth-order valence-electron chi connectivity index (χ4n) is 1.99. The van der Waals surface area contributed by atoms with Crippen molar-refractivity contribution in [3.8, 4) is 0 Å². The van der Waals surface area contributed by atoms with Gasteiger partial charge in [0.15, 0.2) is 0 Å². The standard InChI is InChI=1S/C10H20N2/c1-11-6-7-12-10(8-2-3-8)9-4-5-9/h8-12H,2-7H2,1H3. The number of nitrogens with one attached hydrogen (secondary N) is 2. The van der Waals surface area contributed by atoms with Crippen LogP contribution in [0.3, 0.4) is 0 Å². The van der Waals surface area contributed by atoms with Crippen LogP contribution in [-0.4, -0.2) is 26.2 Å². The third kappa shape index (κ3) is 2.20. The Bertz CT molecular complexity index is 127. The van der Waals surface area contributed by atoms with Crippen molar-refractivity contribution >= 4 is 0 Å². The molecular weight excluding hydrogens is 148 g/mol. The van der Waals surface area contributed by atoms with Gasteiger partial charge in [0, 0.05) is 19.1 Å². The van der Waals surface area contributed by atoms with E-state index in [9.17, 15) is 0 Å². The molecule has 0 aromatic carbocycles. The zero-order valence-corrected chi connectivity index (χ0v) is 7.97. The average Bonchev–Trinajstić information content (AvgIpc) is 2.87. The molecule has 0 aliphatic heterocycles. The molecule has 2 saturated carbocycles. The van der Waals surface area contributed by atoms with Gasteiger partial charge >= 0.3 is 0 Å². The van der Waals surface area contributed by atoms with Crippen LogP contribution in [0.15, 0.2) is 0 Å². The molecule has 2 aliphatic rings. The van der Waals surface area contributed by atoms with Gasteiger partial charge in [0.25, 0.3) is 0 Å². The number of rotatable bonds is 6. The number of hydrogen-bond donors (Lipinski definition) is 2. The van der Waals surface area contributed by atoms with Crippen molar-refractivity contribution in [3.05, 3.63) is 0 Å². The molecule has 0 saturated heterocycles. The third-order valence-corrected chi connectivity index (χ3v) is 3.01. The van der Waals surface area contributed by atoms with Crippen LogP contribution in [0.1, 0.15) is 25.7 Å². The van der Waals surface area contributed by atoms with Crippen LogP contribution in [0.2, 0.25) is 0 Å².